The van der Waals surface area contributed by atoms with Crippen LogP contribution in [0.25, 0.3) is 11.1 Å². The maximum Gasteiger partial charge on any atom is 0.317 e. The van der Waals surface area contributed by atoms with E-state index >= 15 is 0 Å². The topological polar surface area (TPSA) is 68.9 Å². The first-order valence-corrected chi connectivity index (χ1v) is 4.79. The maximum atomic E-state index is 10.9. The van der Waals surface area contributed by atoms with Gasteiger partial charge in [-0.2, -0.15) is 5.10 Å². The molecule has 0 aliphatic rings. The number of nitro groups is 1. The molecule has 0 aliphatic heterocycles. The van der Waals surface area contributed by atoms with Gasteiger partial charge in [0.05, 0.1) is 16.7 Å². The Hall–Kier alpha value is -2.01. The summed E-state index contributed by atoms with van der Waals surface area (Å²) in [6.45, 7) is 0. The molecule has 0 bridgehead atoms. The van der Waals surface area contributed by atoms with Crippen LogP contribution in [0, 0.1) is 10.1 Å². The van der Waals surface area contributed by atoms with Crippen molar-refractivity contribution in [2.24, 2.45) is 0 Å². The molecule has 1 aromatic carbocycles. The van der Waals surface area contributed by atoms with Crippen LogP contribution in [0.1, 0.15) is 0 Å². The van der Waals surface area contributed by atoms with Crippen LogP contribution in [-0.2, 0) is 0 Å². The molecule has 2 aromatic rings. The summed E-state index contributed by atoms with van der Waals surface area (Å²) in [5.41, 5.74) is 0.833. The quantitative estimate of drug-likeness (QED) is 0.593. The van der Waals surface area contributed by atoms with E-state index in [1.807, 2.05) is 6.07 Å². The van der Waals surface area contributed by atoms with Gasteiger partial charge < -0.3 is 0 Å². The van der Waals surface area contributed by atoms with Crippen molar-refractivity contribution in [1.82, 2.24) is 10.2 Å². The lowest BCUT2D eigenvalue weighted by Crippen LogP contribution is -1.96. The van der Waals surface area contributed by atoms with Crippen LogP contribution in [0.2, 0.25) is 5.15 Å². The standard InChI is InChI=1S/C10H6ClN3O2/c11-10-9(14(15)16)8(6-12-13-10)7-4-2-1-3-5-7/h1-6H. The Morgan fingerprint density at radius 3 is 2.56 bits per heavy atom. The smallest absolute Gasteiger partial charge is 0.258 e. The van der Waals surface area contributed by atoms with Gasteiger partial charge in [0.2, 0.25) is 5.15 Å². The summed E-state index contributed by atoms with van der Waals surface area (Å²) in [6.07, 6.45) is 1.33. The molecular formula is C10H6ClN3O2. The first-order chi connectivity index (χ1) is 7.70. The average Bonchev–Trinajstić information content (AvgIpc) is 2.29. The fourth-order valence-corrected chi connectivity index (χ4v) is 1.57. The van der Waals surface area contributed by atoms with Crippen molar-refractivity contribution in [2.75, 3.05) is 0 Å². The molecule has 0 radical (unpaired) electrons. The van der Waals surface area contributed by atoms with Crippen molar-refractivity contribution in [3.05, 3.63) is 51.8 Å². The zero-order valence-corrected chi connectivity index (χ0v) is 8.76. The van der Waals surface area contributed by atoms with Crippen molar-refractivity contribution in [3.63, 3.8) is 0 Å². The zero-order chi connectivity index (χ0) is 11.5. The van der Waals surface area contributed by atoms with E-state index in [0.29, 0.717) is 11.1 Å². The molecule has 80 valence electrons. The molecule has 0 saturated heterocycles. The Labute approximate surface area is 95.9 Å². The van der Waals surface area contributed by atoms with Crippen LogP contribution in [0.4, 0.5) is 5.69 Å². The van der Waals surface area contributed by atoms with Crippen LogP contribution in [0.3, 0.4) is 0 Å². The van der Waals surface area contributed by atoms with Gasteiger partial charge in [-0.1, -0.05) is 41.9 Å². The molecule has 1 heterocycles. The number of hydrogen-bond acceptors (Lipinski definition) is 4. The van der Waals surface area contributed by atoms with E-state index in [4.69, 9.17) is 11.6 Å². The van der Waals surface area contributed by atoms with E-state index in [9.17, 15) is 10.1 Å². The van der Waals surface area contributed by atoms with Crippen LogP contribution < -0.4 is 0 Å². The number of hydrogen-bond donors (Lipinski definition) is 0. The second kappa shape index (κ2) is 4.24. The largest absolute Gasteiger partial charge is 0.317 e. The van der Waals surface area contributed by atoms with Gasteiger partial charge in [-0.3, -0.25) is 10.1 Å². The molecule has 0 fully saturated rings. The summed E-state index contributed by atoms with van der Waals surface area (Å²) in [5, 5.41) is 17.7. The molecular weight excluding hydrogens is 230 g/mol. The summed E-state index contributed by atoms with van der Waals surface area (Å²) in [5.74, 6) is 0. The molecule has 0 atom stereocenters. The lowest BCUT2D eigenvalue weighted by molar-refractivity contribution is -0.384. The van der Waals surface area contributed by atoms with Gasteiger partial charge in [-0.05, 0) is 5.56 Å². The highest BCUT2D eigenvalue weighted by atomic mass is 35.5. The third kappa shape index (κ3) is 1.85. The SMILES string of the molecule is O=[N+]([O-])c1c(-c2ccccc2)cnnc1Cl. The molecule has 16 heavy (non-hydrogen) atoms. The van der Waals surface area contributed by atoms with Gasteiger partial charge in [0, 0.05) is 0 Å². The zero-order valence-electron chi connectivity index (χ0n) is 8.00. The van der Waals surface area contributed by atoms with Crippen LogP contribution >= 0.6 is 11.6 Å². The van der Waals surface area contributed by atoms with Gasteiger partial charge in [0.15, 0.2) is 0 Å². The summed E-state index contributed by atoms with van der Waals surface area (Å²) in [7, 11) is 0. The van der Waals surface area contributed by atoms with E-state index in [2.05, 4.69) is 10.2 Å². The molecule has 6 heteroatoms. The van der Waals surface area contributed by atoms with E-state index in [1.165, 1.54) is 6.20 Å². The summed E-state index contributed by atoms with van der Waals surface area (Å²) in [6, 6.07) is 8.90. The highest BCUT2D eigenvalue weighted by Gasteiger charge is 2.21. The normalized spacial score (nSPS) is 10.1. The fourth-order valence-electron chi connectivity index (χ4n) is 1.36. The third-order valence-corrected chi connectivity index (χ3v) is 2.30. The minimum atomic E-state index is -0.556. The minimum Gasteiger partial charge on any atom is -0.258 e. The Kier molecular flexibility index (Phi) is 2.78. The minimum absolute atomic E-state index is 0.202. The van der Waals surface area contributed by atoms with Gasteiger partial charge in [-0.25, -0.2) is 0 Å². The molecule has 0 unspecified atom stereocenters. The first kappa shape index (κ1) is 10.5. The monoisotopic (exact) mass is 235 g/mol. The molecule has 0 saturated carbocycles. The fraction of sp³-hybridized carbons (Fsp3) is 0. The summed E-state index contributed by atoms with van der Waals surface area (Å²) < 4.78 is 0. The molecule has 2 rings (SSSR count). The third-order valence-electron chi connectivity index (χ3n) is 2.05. The first-order valence-electron chi connectivity index (χ1n) is 4.41. The van der Waals surface area contributed by atoms with Crippen molar-refractivity contribution >= 4 is 17.3 Å². The number of benzene rings is 1. The predicted molar refractivity (Wildman–Crippen MR) is 59.1 cm³/mol. The number of nitrogens with zero attached hydrogens (tertiary/aromatic N) is 3. The summed E-state index contributed by atoms with van der Waals surface area (Å²) in [4.78, 5) is 10.3. The van der Waals surface area contributed by atoms with Crippen molar-refractivity contribution in [2.45, 2.75) is 0 Å². The number of halogens is 1. The van der Waals surface area contributed by atoms with Gasteiger partial charge in [0.1, 0.15) is 0 Å². The Morgan fingerprint density at radius 1 is 1.25 bits per heavy atom. The van der Waals surface area contributed by atoms with Gasteiger partial charge >= 0.3 is 5.69 Å². The molecule has 0 aliphatic carbocycles. The van der Waals surface area contributed by atoms with E-state index in [1.54, 1.807) is 24.3 Å². The van der Waals surface area contributed by atoms with Crippen molar-refractivity contribution in [3.8, 4) is 11.1 Å². The Bertz CT molecular complexity index is 531. The highest BCUT2D eigenvalue weighted by molar-refractivity contribution is 6.31. The lowest BCUT2D eigenvalue weighted by atomic mass is 10.1. The molecule has 0 amide bonds. The maximum absolute atomic E-state index is 10.9. The van der Waals surface area contributed by atoms with Crippen LogP contribution in [0.15, 0.2) is 36.5 Å². The van der Waals surface area contributed by atoms with E-state index < -0.39 is 4.92 Å². The number of aromatic nitrogens is 2. The summed E-state index contributed by atoms with van der Waals surface area (Å²) >= 11 is 5.66. The second-order valence-corrected chi connectivity index (χ2v) is 3.38. The average molecular weight is 236 g/mol. The van der Waals surface area contributed by atoms with E-state index in [0.717, 1.165) is 0 Å². The Balaban J connectivity index is 2.66. The van der Waals surface area contributed by atoms with Crippen LogP contribution in [0.5, 0.6) is 0 Å². The van der Waals surface area contributed by atoms with Crippen molar-refractivity contribution in [1.29, 1.82) is 0 Å². The Morgan fingerprint density at radius 2 is 1.94 bits per heavy atom. The van der Waals surface area contributed by atoms with Gasteiger partial charge in [0.25, 0.3) is 0 Å². The van der Waals surface area contributed by atoms with E-state index in [-0.39, 0.29) is 10.8 Å². The van der Waals surface area contributed by atoms with Crippen LogP contribution in [-0.4, -0.2) is 15.1 Å². The molecule has 1 aromatic heterocycles. The molecule has 0 spiro atoms. The van der Waals surface area contributed by atoms with Crippen molar-refractivity contribution < 1.29 is 4.92 Å². The highest BCUT2D eigenvalue weighted by Crippen LogP contribution is 2.32. The van der Waals surface area contributed by atoms with Gasteiger partial charge in [-0.15, -0.1) is 5.10 Å². The molecule has 0 N–H and O–H groups in total. The molecule has 5 nitrogen and oxygen atoms in total. The second-order valence-electron chi connectivity index (χ2n) is 3.02. The predicted octanol–water partition coefficient (Wildman–Crippen LogP) is 2.71. The number of rotatable bonds is 2. The lowest BCUT2D eigenvalue weighted by Gasteiger charge is -2.02.